The number of rotatable bonds is 5. The molecule has 29 heavy (non-hydrogen) atoms. The fraction of sp³-hybridized carbons (Fsp3) is 0.0952. The van der Waals surface area contributed by atoms with E-state index in [1.165, 1.54) is 13.3 Å². The van der Waals surface area contributed by atoms with Crippen molar-refractivity contribution in [2.45, 2.75) is 6.61 Å². The Kier molecular flexibility index (Phi) is 4.73. The molecule has 144 valence electrons. The van der Waals surface area contributed by atoms with Gasteiger partial charge in [-0.05, 0) is 30.3 Å². The van der Waals surface area contributed by atoms with Gasteiger partial charge in [0.2, 0.25) is 5.88 Å². The molecule has 0 saturated carbocycles. The number of fused-ring (bicyclic) bond motifs is 3. The van der Waals surface area contributed by atoms with Crippen molar-refractivity contribution in [1.82, 2.24) is 9.97 Å². The maximum Gasteiger partial charge on any atom is 0.512 e. The molecule has 4 rings (SSSR count). The minimum atomic E-state index is -1.45. The number of benzene rings is 2. The zero-order chi connectivity index (χ0) is 20.4. The van der Waals surface area contributed by atoms with Crippen LogP contribution in [0.5, 0.6) is 17.4 Å². The number of H-pyrrole nitrogens is 1. The number of ether oxygens (including phenoxy) is 3. The first kappa shape index (κ1) is 18.3. The van der Waals surface area contributed by atoms with Crippen molar-refractivity contribution in [3.8, 4) is 23.4 Å². The zero-order valence-electron chi connectivity index (χ0n) is 15.3. The van der Waals surface area contributed by atoms with Crippen LogP contribution in [0.2, 0.25) is 0 Å². The fourth-order valence-electron chi connectivity index (χ4n) is 3.21. The second kappa shape index (κ2) is 7.50. The van der Waals surface area contributed by atoms with Crippen molar-refractivity contribution in [3.05, 3.63) is 59.8 Å². The Labute approximate surface area is 164 Å². The van der Waals surface area contributed by atoms with Crippen LogP contribution in [0.15, 0.2) is 48.7 Å². The van der Waals surface area contributed by atoms with Gasteiger partial charge in [0.25, 0.3) is 0 Å². The van der Waals surface area contributed by atoms with Crippen LogP contribution in [0.4, 0.5) is 4.79 Å². The van der Waals surface area contributed by atoms with E-state index in [4.69, 9.17) is 19.3 Å². The number of nitrogens with one attached hydrogen (secondary N) is 1. The quantitative estimate of drug-likeness (QED) is 0.480. The highest BCUT2D eigenvalue weighted by atomic mass is 16.7. The van der Waals surface area contributed by atoms with Crippen LogP contribution >= 0.6 is 0 Å². The number of hydrogen-bond donors (Lipinski definition) is 2. The van der Waals surface area contributed by atoms with E-state index in [2.05, 4.69) is 16.0 Å². The molecule has 0 aliphatic carbocycles. The zero-order valence-corrected chi connectivity index (χ0v) is 15.3. The molecular formula is C21H15N3O5. The van der Waals surface area contributed by atoms with Crippen molar-refractivity contribution < 1.29 is 24.1 Å². The van der Waals surface area contributed by atoms with Crippen molar-refractivity contribution >= 4 is 28.0 Å². The molecule has 2 aromatic carbocycles. The average Bonchev–Trinajstić information content (AvgIpc) is 3.08. The lowest BCUT2D eigenvalue weighted by molar-refractivity contribution is 0.139. The molecule has 2 aromatic heterocycles. The summed E-state index contributed by atoms with van der Waals surface area (Å²) in [6.07, 6.45) is 0.0596. The standard InChI is InChI=1S/C21H15N3O5/c1-27-11-15-19-14-8-13(28-18-5-3-2-4-12(18)9-22)6-7-16(14)24-17(19)10-23-20(15)29-21(25)26/h2-8,10,24H,11H2,1H3,(H,25,26). The molecule has 0 aliphatic rings. The normalized spacial score (nSPS) is 10.8. The van der Waals surface area contributed by atoms with E-state index in [1.807, 2.05) is 12.1 Å². The Morgan fingerprint density at radius 3 is 2.83 bits per heavy atom. The van der Waals surface area contributed by atoms with Gasteiger partial charge in [-0.25, -0.2) is 9.78 Å². The van der Waals surface area contributed by atoms with Gasteiger partial charge < -0.3 is 24.3 Å². The predicted molar refractivity (Wildman–Crippen MR) is 104 cm³/mol. The Morgan fingerprint density at radius 2 is 2.07 bits per heavy atom. The second-order valence-corrected chi connectivity index (χ2v) is 6.17. The molecule has 0 bridgehead atoms. The molecule has 2 heterocycles. The number of carboxylic acid groups (broad SMARTS) is 1. The summed E-state index contributed by atoms with van der Waals surface area (Å²) in [6.45, 7) is 0.113. The molecule has 0 amide bonds. The van der Waals surface area contributed by atoms with Gasteiger partial charge in [-0.3, -0.25) is 0 Å². The van der Waals surface area contributed by atoms with Gasteiger partial charge in [-0.1, -0.05) is 12.1 Å². The predicted octanol–water partition coefficient (Wildman–Crippen LogP) is 4.58. The number of aromatic amines is 1. The smallest absolute Gasteiger partial charge is 0.456 e. The van der Waals surface area contributed by atoms with E-state index in [-0.39, 0.29) is 12.5 Å². The molecule has 0 atom stereocenters. The molecule has 4 aromatic rings. The molecule has 8 nitrogen and oxygen atoms in total. The summed E-state index contributed by atoms with van der Waals surface area (Å²) in [5.41, 5.74) is 2.45. The minimum absolute atomic E-state index is 0.0334. The summed E-state index contributed by atoms with van der Waals surface area (Å²) in [4.78, 5) is 18.4. The number of aromatic nitrogens is 2. The average molecular weight is 389 g/mol. The molecule has 0 saturated heterocycles. The summed E-state index contributed by atoms with van der Waals surface area (Å²) in [6, 6.07) is 14.5. The van der Waals surface area contributed by atoms with Crippen molar-refractivity contribution in [2.24, 2.45) is 0 Å². The third-order valence-electron chi connectivity index (χ3n) is 4.38. The van der Waals surface area contributed by atoms with E-state index >= 15 is 0 Å². The van der Waals surface area contributed by atoms with Crippen molar-refractivity contribution in [2.75, 3.05) is 7.11 Å². The summed E-state index contributed by atoms with van der Waals surface area (Å²) < 4.78 is 16.0. The lowest BCUT2D eigenvalue weighted by atomic mass is 10.1. The number of carbonyl (C=O) groups is 1. The minimum Gasteiger partial charge on any atom is -0.456 e. The van der Waals surface area contributed by atoms with Crippen molar-refractivity contribution in [1.29, 1.82) is 5.26 Å². The molecule has 0 aliphatic heterocycles. The van der Waals surface area contributed by atoms with Crippen molar-refractivity contribution in [3.63, 3.8) is 0 Å². The third-order valence-corrected chi connectivity index (χ3v) is 4.38. The highest BCUT2D eigenvalue weighted by Crippen LogP contribution is 2.36. The Hall–Kier alpha value is -4.09. The highest BCUT2D eigenvalue weighted by Gasteiger charge is 2.18. The SMILES string of the molecule is COCc1c(OC(=O)O)ncc2[nH]c3ccc(Oc4ccccc4C#N)cc3c12. The molecular weight excluding hydrogens is 374 g/mol. The van der Waals surface area contributed by atoms with Crippen LogP contribution in [0.1, 0.15) is 11.1 Å². The molecule has 2 N–H and O–H groups in total. The summed E-state index contributed by atoms with van der Waals surface area (Å²) >= 11 is 0. The van der Waals surface area contributed by atoms with Gasteiger partial charge in [0.05, 0.1) is 29.4 Å². The van der Waals surface area contributed by atoms with E-state index in [0.29, 0.717) is 28.1 Å². The summed E-state index contributed by atoms with van der Waals surface area (Å²) in [5, 5.41) is 19.8. The number of hydrogen-bond acceptors (Lipinski definition) is 6. The third kappa shape index (κ3) is 3.42. The maximum absolute atomic E-state index is 11.0. The first-order valence-electron chi connectivity index (χ1n) is 8.60. The van der Waals surface area contributed by atoms with Crippen LogP contribution in [-0.4, -0.2) is 28.3 Å². The van der Waals surface area contributed by atoms with Gasteiger partial charge in [-0.15, -0.1) is 0 Å². The Morgan fingerprint density at radius 1 is 1.24 bits per heavy atom. The Bertz CT molecular complexity index is 1270. The molecule has 0 spiro atoms. The van der Waals surface area contributed by atoms with Crippen LogP contribution in [-0.2, 0) is 11.3 Å². The molecule has 0 radical (unpaired) electrons. The molecule has 0 unspecified atom stereocenters. The first-order valence-corrected chi connectivity index (χ1v) is 8.60. The number of nitrogens with zero attached hydrogens (tertiary/aromatic N) is 2. The number of pyridine rings is 1. The fourth-order valence-corrected chi connectivity index (χ4v) is 3.21. The van der Waals surface area contributed by atoms with Crippen LogP contribution in [0.3, 0.4) is 0 Å². The second-order valence-electron chi connectivity index (χ2n) is 6.17. The largest absolute Gasteiger partial charge is 0.512 e. The highest BCUT2D eigenvalue weighted by molar-refractivity contribution is 6.09. The lowest BCUT2D eigenvalue weighted by Gasteiger charge is -2.09. The number of nitriles is 1. The Balaban J connectivity index is 1.87. The number of para-hydroxylation sites is 1. The van der Waals surface area contributed by atoms with Gasteiger partial charge in [0, 0.05) is 23.4 Å². The van der Waals surface area contributed by atoms with Crippen LogP contribution in [0, 0.1) is 11.3 Å². The van der Waals surface area contributed by atoms with E-state index < -0.39 is 6.16 Å². The van der Waals surface area contributed by atoms with E-state index in [9.17, 15) is 10.1 Å². The topological polar surface area (TPSA) is 117 Å². The van der Waals surface area contributed by atoms with Gasteiger partial charge in [-0.2, -0.15) is 5.26 Å². The lowest BCUT2D eigenvalue weighted by Crippen LogP contribution is -2.07. The first-order chi connectivity index (χ1) is 14.1. The summed E-state index contributed by atoms with van der Waals surface area (Å²) in [5.74, 6) is 0.943. The van der Waals surface area contributed by atoms with Gasteiger partial charge >= 0.3 is 6.16 Å². The molecule has 8 heteroatoms. The summed E-state index contributed by atoms with van der Waals surface area (Å²) in [7, 11) is 1.51. The van der Waals surface area contributed by atoms with E-state index in [0.717, 1.165) is 16.3 Å². The van der Waals surface area contributed by atoms with Crippen LogP contribution in [0.25, 0.3) is 21.8 Å². The van der Waals surface area contributed by atoms with Gasteiger partial charge in [0.1, 0.15) is 17.6 Å². The van der Waals surface area contributed by atoms with Crippen LogP contribution < -0.4 is 9.47 Å². The monoisotopic (exact) mass is 389 g/mol. The molecule has 0 fully saturated rings. The maximum atomic E-state index is 11.0. The van der Waals surface area contributed by atoms with E-state index in [1.54, 1.807) is 30.3 Å². The van der Waals surface area contributed by atoms with Gasteiger partial charge in [0.15, 0.2) is 0 Å². The number of methoxy groups -OCH3 is 1.